The SMILES string of the molecule is Cn1nc(C(=O)c2cccnc2)c2ccccc21. The predicted octanol–water partition coefficient (Wildman–Crippen LogP) is 2.20. The topological polar surface area (TPSA) is 47.8 Å². The van der Waals surface area contributed by atoms with Crippen molar-refractivity contribution < 1.29 is 4.79 Å². The largest absolute Gasteiger partial charge is 0.287 e. The zero-order valence-corrected chi connectivity index (χ0v) is 9.87. The van der Waals surface area contributed by atoms with Crippen LogP contribution in [0.4, 0.5) is 0 Å². The van der Waals surface area contributed by atoms with Gasteiger partial charge in [0.1, 0.15) is 5.69 Å². The van der Waals surface area contributed by atoms with Gasteiger partial charge in [0.2, 0.25) is 5.78 Å². The number of hydrogen-bond donors (Lipinski definition) is 0. The van der Waals surface area contributed by atoms with Crippen molar-refractivity contribution in [2.24, 2.45) is 7.05 Å². The van der Waals surface area contributed by atoms with Gasteiger partial charge in [-0.3, -0.25) is 14.5 Å². The smallest absolute Gasteiger partial charge is 0.215 e. The molecule has 0 saturated carbocycles. The van der Waals surface area contributed by atoms with Gasteiger partial charge in [-0.1, -0.05) is 18.2 Å². The average molecular weight is 237 g/mol. The first kappa shape index (κ1) is 10.7. The lowest BCUT2D eigenvalue weighted by Gasteiger charge is -1.96. The van der Waals surface area contributed by atoms with Crippen molar-refractivity contribution in [1.29, 1.82) is 0 Å². The number of hydrogen-bond acceptors (Lipinski definition) is 3. The number of aryl methyl sites for hydroxylation is 1. The lowest BCUT2D eigenvalue weighted by atomic mass is 10.1. The lowest BCUT2D eigenvalue weighted by molar-refractivity contribution is 0.103. The van der Waals surface area contributed by atoms with Crippen molar-refractivity contribution in [3.05, 3.63) is 60.0 Å². The van der Waals surface area contributed by atoms with Gasteiger partial charge >= 0.3 is 0 Å². The van der Waals surface area contributed by atoms with Crippen molar-refractivity contribution in [1.82, 2.24) is 14.8 Å². The van der Waals surface area contributed by atoms with Crippen LogP contribution in [0.5, 0.6) is 0 Å². The van der Waals surface area contributed by atoms with Crippen LogP contribution >= 0.6 is 0 Å². The van der Waals surface area contributed by atoms with Crippen molar-refractivity contribution in [3.8, 4) is 0 Å². The number of ketones is 1. The van der Waals surface area contributed by atoms with Crippen LogP contribution in [-0.4, -0.2) is 20.5 Å². The van der Waals surface area contributed by atoms with Crippen LogP contribution in [-0.2, 0) is 7.05 Å². The first-order valence-electron chi connectivity index (χ1n) is 5.64. The fourth-order valence-corrected chi connectivity index (χ4v) is 2.02. The zero-order chi connectivity index (χ0) is 12.5. The van der Waals surface area contributed by atoms with Crippen LogP contribution in [0.15, 0.2) is 48.8 Å². The summed E-state index contributed by atoms with van der Waals surface area (Å²) in [6, 6.07) is 11.2. The minimum Gasteiger partial charge on any atom is -0.287 e. The molecule has 0 amide bonds. The molecule has 0 fully saturated rings. The van der Waals surface area contributed by atoms with Gasteiger partial charge in [-0.15, -0.1) is 0 Å². The number of benzene rings is 1. The standard InChI is InChI=1S/C14H11N3O/c1-17-12-7-3-2-6-11(12)13(16-17)14(18)10-5-4-8-15-9-10/h2-9H,1H3. The summed E-state index contributed by atoms with van der Waals surface area (Å²) in [5.41, 5.74) is 1.98. The molecule has 3 aromatic rings. The van der Waals surface area contributed by atoms with Crippen LogP contribution in [0.25, 0.3) is 10.9 Å². The molecule has 0 saturated heterocycles. The summed E-state index contributed by atoms with van der Waals surface area (Å²) in [5.74, 6) is -0.0973. The highest BCUT2D eigenvalue weighted by Gasteiger charge is 2.17. The number of carbonyl (C=O) groups is 1. The molecule has 1 aromatic carbocycles. The summed E-state index contributed by atoms with van der Waals surface area (Å²) < 4.78 is 1.72. The number of rotatable bonds is 2. The molecule has 0 aliphatic carbocycles. The normalized spacial score (nSPS) is 10.7. The number of carbonyl (C=O) groups excluding carboxylic acids is 1. The Kier molecular flexibility index (Phi) is 2.41. The molecule has 0 aliphatic rings. The van der Waals surface area contributed by atoms with E-state index in [1.165, 1.54) is 0 Å². The summed E-state index contributed by atoms with van der Waals surface area (Å²) in [7, 11) is 1.84. The molecule has 0 atom stereocenters. The molecule has 2 heterocycles. The molecule has 0 radical (unpaired) electrons. The Hall–Kier alpha value is -2.49. The number of aromatic nitrogens is 3. The Labute approximate surface area is 104 Å². The van der Waals surface area contributed by atoms with E-state index in [1.807, 2.05) is 31.3 Å². The third-order valence-corrected chi connectivity index (χ3v) is 2.90. The minimum atomic E-state index is -0.0973. The second-order valence-corrected chi connectivity index (χ2v) is 4.06. The Morgan fingerprint density at radius 3 is 2.78 bits per heavy atom. The van der Waals surface area contributed by atoms with Gasteiger partial charge in [-0.05, 0) is 18.2 Å². The van der Waals surface area contributed by atoms with Crippen LogP contribution in [0.1, 0.15) is 16.1 Å². The molecule has 0 unspecified atom stereocenters. The van der Waals surface area contributed by atoms with Crippen LogP contribution < -0.4 is 0 Å². The van der Waals surface area contributed by atoms with E-state index in [0.717, 1.165) is 10.9 Å². The minimum absolute atomic E-state index is 0.0973. The number of nitrogens with zero attached hydrogens (tertiary/aromatic N) is 3. The summed E-state index contributed by atoms with van der Waals surface area (Å²) in [6.07, 6.45) is 3.21. The summed E-state index contributed by atoms with van der Waals surface area (Å²) in [4.78, 5) is 16.3. The van der Waals surface area contributed by atoms with Gasteiger partial charge in [0.25, 0.3) is 0 Å². The van der Waals surface area contributed by atoms with Gasteiger partial charge in [0.05, 0.1) is 5.52 Å². The van der Waals surface area contributed by atoms with E-state index in [4.69, 9.17) is 0 Å². The highest BCUT2D eigenvalue weighted by atomic mass is 16.1. The van der Waals surface area contributed by atoms with E-state index in [1.54, 1.807) is 29.2 Å². The van der Waals surface area contributed by atoms with E-state index in [0.29, 0.717) is 11.3 Å². The molecule has 4 nitrogen and oxygen atoms in total. The summed E-state index contributed by atoms with van der Waals surface area (Å²) >= 11 is 0. The molecule has 3 rings (SSSR count). The molecule has 0 spiro atoms. The first-order chi connectivity index (χ1) is 8.77. The Morgan fingerprint density at radius 1 is 1.17 bits per heavy atom. The quantitative estimate of drug-likeness (QED) is 0.642. The molecule has 88 valence electrons. The van der Waals surface area contributed by atoms with Crippen molar-refractivity contribution in [2.75, 3.05) is 0 Å². The molecule has 0 bridgehead atoms. The average Bonchev–Trinajstić information content (AvgIpc) is 2.77. The number of para-hydroxylation sites is 1. The molecule has 0 N–H and O–H groups in total. The monoisotopic (exact) mass is 237 g/mol. The number of fused-ring (bicyclic) bond motifs is 1. The van der Waals surface area contributed by atoms with E-state index in [9.17, 15) is 4.79 Å². The maximum atomic E-state index is 12.4. The van der Waals surface area contributed by atoms with E-state index in [-0.39, 0.29) is 5.78 Å². The van der Waals surface area contributed by atoms with Gasteiger partial charge in [0.15, 0.2) is 0 Å². The van der Waals surface area contributed by atoms with Gasteiger partial charge in [-0.25, -0.2) is 0 Å². The predicted molar refractivity (Wildman–Crippen MR) is 68.4 cm³/mol. The zero-order valence-electron chi connectivity index (χ0n) is 9.87. The van der Waals surface area contributed by atoms with Crippen molar-refractivity contribution in [2.45, 2.75) is 0 Å². The van der Waals surface area contributed by atoms with Gasteiger partial charge < -0.3 is 0 Å². The van der Waals surface area contributed by atoms with E-state index >= 15 is 0 Å². The van der Waals surface area contributed by atoms with Gasteiger partial charge in [-0.2, -0.15) is 5.10 Å². The molecule has 4 heteroatoms. The van der Waals surface area contributed by atoms with Crippen LogP contribution in [0, 0.1) is 0 Å². The molecular weight excluding hydrogens is 226 g/mol. The lowest BCUT2D eigenvalue weighted by Crippen LogP contribution is -2.03. The van der Waals surface area contributed by atoms with E-state index < -0.39 is 0 Å². The second kappa shape index (κ2) is 4.07. The van der Waals surface area contributed by atoms with Crippen LogP contribution in [0.2, 0.25) is 0 Å². The molecule has 0 aliphatic heterocycles. The van der Waals surface area contributed by atoms with Crippen molar-refractivity contribution in [3.63, 3.8) is 0 Å². The molecular formula is C14H11N3O. The third kappa shape index (κ3) is 1.59. The third-order valence-electron chi connectivity index (χ3n) is 2.90. The maximum absolute atomic E-state index is 12.4. The second-order valence-electron chi connectivity index (χ2n) is 4.06. The molecule has 18 heavy (non-hydrogen) atoms. The Morgan fingerprint density at radius 2 is 2.00 bits per heavy atom. The fourth-order valence-electron chi connectivity index (χ4n) is 2.02. The Bertz CT molecular complexity index is 716. The van der Waals surface area contributed by atoms with Gasteiger partial charge in [0, 0.05) is 30.4 Å². The van der Waals surface area contributed by atoms with E-state index in [2.05, 4.69) is 10.1 Å². The number of pyridine rings is 1. The summed E-state index contributed by atoms with van der Waals surface area (Å²) in [5, 5.41) is 5.17. The fraction of sp³-hybridized carbons (Fsp3) is 0.0714. The highest BCUT2D eigenvalue weighted by molar-refractivity contribution is 6.14. The highest BCUT2D eigenvalue weighted by Crippen LogP contribution is 2.19. The Balaban J connectivity index is 2.19. The molecule has 2 aromatic heterocycles. The first-order valence-corrected chi connectivity index (χ1v) is 5.64. The van der Waals surface area contributed by atoms with Crippen molar-refractivity contribution >= 4 is 16.7 Å². The maximum Gasteiger partial charge on any atom is 0.215 e. The summed E-state index contributed by atoms with van der Waals surface area (Å²) in [6.45, 7) is 0. The van der Waals surface area contributed by atoms with Crippen LogP contribution in [0.3, 0.4) is 0 Å².